The number of hydrogen-bond donors (Lipinski definition) is 0. The SMILES string of the molecule is CCCCN(CCCC)C(=O)[C@H]1CCCN(Cc2nc3ccccc3n2Cc2ccc(OC)cc2)C1. The maximum absolute atomic E-state index is 13.5. The topological polar surface area (TPSA) is 50.6 Å². The molecule has 6 nitrogen and oxygen atoms in total. The van der Waals surface area contributed by atoms with Crippen LogP contribution in [0, 0.1) is 5.92 Å². The number of amides is 1. The number of rotatable bonds is 12. The predicted molar refractivity (Wildman–Crippen MR) is 146 cm³/mol. The van der Waals surface area contributed by atoms with Gasteiger partial charge < -0.3 is 14.2 Å². The van der Waals surface area contributed by atoms with Gasteiger partial charge >= 0.3 is 0 Å². The third-order valence-electron chi connectivity index (χ3n) is 7.33. The Kier molecular flexibility index (Phi) is 9.40. The summed E-state index contributed by atoms with van der Waals surface area (Å²) in [6.45, 7) is 9.54. The van der Waals surface area contributed by atoms with Crippen molar-refractivity contribution in [1.82, 2.24) is 19.4 Å². The second kappa shape index (κ2) is 12.9. The number of ether oxygens (including phenoxy) is 1. The summed E-state index contributed by atoms with van der Waals surface area (Å²) < 4.78 is 7.66. The number of methoxy groups -OCH3 is 1. The van der Waals surface area contributed by atoms with Crippen LogP contribution < -0.4 is 4.74 Å². The normalized spacial score (nSPS) is 16.4. The minimum absolute atomic E-state index is 0.0897. The Hall–Kier alpha value is -2.86. The maximum Gasteiger partial charge on any atom is 0.226 e. The average Bonchev–Trinajstić information content (AvgIpc) is 3.25. The minimum Gasteiger partial charge on any atom is -0.497 e. The molecule has 0 saturated carbocycles. The second-order valence-electron chi connectivity index (χ2n) is 10.1. The van der Waals surface area contributed by atoms with Gasteiger partial charge in [-0.15, -0.1) is 0 Å². The van der Waals surface area contributed by atoms with Crippen molar-refractivity contribution >= 4 is 16.9 Å². The molecule has 0 aliphatic carbocycles. The van der Waals surface area contributed by atoms with Crippen molar-refractivity contribution in [3.8, 4) is 5.75 Å². The number of carbonyl (C=O) groups excluding carboxylic acids is 1. The van der Waals surface area contributed by atoms with E-state index in [1.165, 1.54) is 5.56 Å². The molecule has 0 spiro atoms. The summed E-state index contributed by atoms with van der Waals surface area (Å²) in [5, 5.41) is 0. The van der Waals surface area contributed by atoms with Gasteiger partial charge in [0.1, 0.15) is 11.6 Å². The number of fused-ring (bicyclic) bond motifs is 1. The van der Waals surface area contributed by atoms with Crippen LogP contribution in [0.4, 0.5) is 0 Å². The van der Waals surface area contributed by atoms with Crippen LogP contribution in [0.5, 0.6) is 5.75 Å². The Bertz CT molecular complexity index is 1100. The molecule has 0 N–H and O–H groups in total. The molecule has 3 aromatic rings. The largest absolute Gasteiger partial charge is 0.497 e. The first-order chi connectivity index (χ1) is 17.6. The summed E-state index contributed by atoms with van der Waals surface area (Å²) in [6.07, 6.45) is 6.47. The molecule has 1 atom stereocenters. The second-order valence-corrected chi connectivity index (χ2v) is 10.1. The molecule has 1 aliphatic heterocycles. The molecule has 194 valence electrons. The number of nitrogens with zero attached hydrogens (tertiary/aromatic N) is 4. The van der Waals surface area contributed by atoms with Crippen LogP contribution in [0.3, 0.4) is 0 Å². The van der Waals surface area contributed by atoms with E-state index in [0.717, 1.165) is 100 Å². The highest BCUT2D eigenvalue weighted by Crippen LogP contribution is 2.24. The maximum atomic E-state index is 13.5. The highest BCUT2D eigenvalue weighted by Gasteiger charge is 2.29. The summed E-state index contributed by atoms with van der Waals surface area (Å²) in [5.74, 6) is 2.37. The van der Waals surface area contributed by atoms with Gasteiger partial charge in [-0.25, -0.2) is 4.98 Å². The third-order valence-corrected chi connectivity index (χ3v) is 7.33. The summed E-state index contributed by atoms with van der Waals surface area (Å²) in [4.78, 5) is 23.1. The Balaban J connectivity index is 1.50. The van der Waals surface area contributed by atoms with Crippen LogP contribution in [-0.4, -0.2) is 58.5 Å². The zero-order valence-corrected chi connectivity index (χ0v) is 22.3. The van der Waals surface area contributed by atoms with Crippen LogP contribution in [0.2, 0.25) is 0 Å². The van der Waals surface area contributed by atoms with Gasteiger partial charge in [0.05, 0.1) is 30.6 Å². The van der Waals surface area contributed by atoms with Gasteiger partial charge in [0, 0.05) is 26.2 Å². The monoisotopic (exact) mass is 490 g/mol. The quantitative estimate of drug-likeness (QED) is 0.325. The molecule has 1 fully saturated rings. The highest BCUT2D eigenvalue weighted by atomic mass is 16.5. The first-order valence-corrected chi connectivity index (χ1v) is 13.7. The van der Waals surface area contributed by atoms with E-state index in [9.17, 15) is 4.79 Å². The van der Waals surface area contributed by atoms with Crippen molar-refractivity contribution in [2.45, 2.75) is 65.5 Å². The lowest BCUT2D eigenvalue weighted by molar-refractivity contribution is -0.137. The number of unbranched alkanes of at least 4 members (excludes halogenated alkanes) is 2. The first kappa shape index (κ1) is 26.2. The molecule has 0 radical (unpaired) electrons. The van der Waals surface area contributed by atoms with Crippen LogP contribution in [0.15, 0.2) is 48.5 Å². The Morgan fingerprint density at radius 2 is 1.75 bits per heavy atom. The Morgan fingerprint density at radius 1 is 1.03 bits per heavy atom. The van der Waals surface area contributed by atoms with Crippen LogP contribution in [0.25, 0.3) is 11.0 Å². The van der Waals surface area contributed by atoms with E-state index < -0.39 is 0 Å². The van der Waals surface area contributed by atoms with Crippen molar-refractivity contribution < 1.29 is 9.53 Å². The van der Waals surface area contributed by atoms with E-state index in [4.69, 9.17) is 9.72 Å². The standard InChI is InChI=1S/C30H42N4O2/c1-4-6-19-33(20-7-5-2)30(35)25-11-10-18-32(22-25)23-29-31-27-12-8-9-13-28(27)34(29)21-24-14-16-26(36-3)17-15-24/h8-9,12-17,25H,4-7,10-11,18-23H2,1-3H3/t25-/m0/s1. The molecule has 4 rings (SSSR count). The molecular formula is C30H42N4O2. The lowest BCUT2D eigenvalue weighted by atomic mass is 9.96. The Labute approximate surface area is 216 Å². The lowest BCUT2D eigenvalue weighted by Gasteiger charge is -2.35. The van der Waals surface area contributed by atoms with Crippen molar-refractivity contribution in [2.24, 2.45) is 5.92 Å². The minimum atomic E-state index is 0.0897. The van der Waals surface area contributed by atoms with Crippen molar-refractivity contribution in [2.75, 3.05) is 33.3 Å². The van der Waals surface area contributed by atoms with Crippen LogP contribution in [0.1, 0.15) is 63.8 Å². The van der Waals surface area contributed by atoms with Gasteiger partial charge in [0.25, 0.3) is 0 Å². The van der Waals surface area contributed by atoms with Gasteiger partial charge in [-0.05, 0) is 62.1 Å². The molecule has 36 heavy (non-hydrogen) atoms. The summed E-state index contributed by atoms with van der Waals surface area (Å²) in [7, 11) is 1.69. The Morgan fingerprint density at radius 3 is 2.44 bits per heavy atom. The number of imidazole rings is 1. The molecule has 1 saturated heterocycles. The van der Waals surface area contributed by atoms with E-state index >= 15 is 0 Å². The van der Waals surface area contributed by atoms with E-state index in [2.05, 4.69) is 58.5 Å². The van der Waals surface area contributed by atoms with Gasteiger partial charge in [0.2, 0.25) is 5.91 Å². The number of aromatic nitrogens is 2. The average molecular weight is 491 g/mol. The zero-order chi connectivity index (χ0) is 25.3. The predicted octanol–water partition coefficient (Wildman–Crippen LogP) is 5.73. The zero-order valence-electron chi connectivity index (χ0n) is 22.3. The van der Waals surface area contributed by atoms with E-state index in [0.29, 0.717) is 5.91 Å². The molecule has 1 aromatic heterocycles. The van der Waals surface area contributed by atoms with Gasteiger partial charge in [0.15, 0.2) is 0 Å². The number of likely N-dealkylation sites (tertiary alicyclic amines) is 1. The van der Waals surface area contributed by atoms with E-state index in [1.807, 2.05) is 18.2 Å². The van der Waals surface area contributed by atoms with E-state index in [-0.39, 0.29) is 5.92 Å². The molecule has 0 unspecified atom stereocenters. The number of para-hydroxylation sites is 2. The smallest absolute Gasteiger partial charge is 0.226 e. The molecule has 2 aromatic carbocycles. The van der Waals surface area contributed by atoms with Crippen molar-refractivity contribution in [1.29, 1.82) is 0 Å². The molecule has 6 heteroatoms. The number of hydrogen-bond acceptors (Lipinski definition) is 4. The van der Waals surface area contributed by atoms with Gasteiger partial charge in [-0.3, -0.25) is 9.69 Å². The van der Waals surface area contributed by atoms with Crippen molar-refractivity contribution in [3.05, 3.63) is 59.9 Å². The fourth-order valence-corrected chi connectivity index (χ4v) is 5.23. The molecule has 2 heterocycles. The highest BCUT2D eigenvalue weighted by molar-refractivity contribution is 5.79. The van der Waals surface area contributed by atoms with E-state index in [1.54, 1.807) is 7.11 Å². The molecule has 0 bridgehead atoms. The number of carbonyl (C=O) groups is 1. The van der Waals surface area contributed by atoms with Crippen LogP contribution in [-0.2, 0) is 17.9 Å². The summed E-state index contributed by atoms with van der Waals surface area (Å²) in [6, 6.07) is 16.6. The summed E-state index contributed by atoms with van der Waals surface area (Å²) in [5.41, 5.74) is 3.39. The van der Waals surface area contributed by atoms with Gasteiger partial charge in [-0.2, -0.15) is 0 Å². The molecule has 1 aliphatic rings. The number of piperidine rings is 1. The number of benzene rings is 2. The van der Waals surface area contributed by atoms with Crippen LogP contribution >= 0.6 is 0 Å². The lowest BCUT2D eigenvalue weighted by Crippen LogP contribution is -2.45. The molecule has 1 amide bonds. The molecular weight excluding hydrogens is 448 g/mol. The third kappa shape index (κ3) is 6.47. The fourth-order valence-electron chi connectivity index (χ4n) is 5.23. The van der Waals surface area contributed by atoms with Crippen molar-refractivity contribution in [3.63, 3.8) is 0 Å². The summed E-state index contributed by atoms with van der Waals surface area (Å²) >= 11 is 0. The first-order valence-electron chi connectivity index (χ1n) is 13.7. The van der Waals surface area contributed by atoms with Gasteiger partial charge in [-0.1, -0.05) is 51.0 Å². The fraction of sp³-hybridized carbons (Fsp3) is 0.533.